The zero-order chi connectivity index (χ0) is 8.27. The maximum atomic E-state index is 5.60. The maximum Gasteiger partial charge on any atom is 0.0653 e. The van der Waals surface area contributed by atoms with Gasteiger partial charge < -0.3 is 10.5 Å². The number of nitrogens with two attached hydrogens (primary N) is 1. The average Bonchev–Trinajstić information content (AvgIpc) is 1.83. The van der Waals surface area contributed by atoms with E-state index in [2.05, 4.69) is 19.9 Å². The Labute approximate surface area is 68.4 Å². The normalized spacial score (nSPS) is 29.4. The molecule has 0 spiro atoms. The van der Waals surface area contributed by atoms with Crippen molar-refractivity contribution in [1.82, 2.24) is 0 Å². The molecule has 1 aliphatic carbocycles. The highest BCUT2D eigenvalue weighted by atomic mass is 16.5. The first-order chi connectivity index (χ1) is 5.18. The zero-order valence-electron chi connectivity index (χ0n) is 7.34. The number of allylic oxidation sites excluding steroid dienone is 1. The molecule has 0 amide bonds. The van der Waals surface area contributed by atoms with Crippen LogP contribution in [0.2, 0.25) is 0 Å². The molecule has 1 saturated carbocycles. The van der Waals surface area contributed by atoms with Crippen molar-refractivity contribution in [3.8, 4) is 0 Å². The fourth-order valence-corrected chi connectivity index (χ4v) is 1.09. The highest BCUT2D eigenvalue weighted by Crippen LogP contribution is 2.20. The van der Waals surface area contributed by atoms with Crippen LogP contribution in [0.3, 0.4) is 0 Å². The van der Waals surface area contributed by atoms with Gasteiger partial charge in [0.25, 0.3) is 0 Å². The van der Waals surface area contributed by atoms with Crippen molar-refractivity contribution in [2.45, 2.75) is 38.8 Å². The van der Waals surface area contributed by atoms with Crippen molar-refractivity contribution in [2.24, 2.45) is 5.73 Å². The van der Waals surface area contributed by atoms with Gasteiger partial charge in [0.05, 0.1) is 12.7 Å². The highest BCUT2D eigenvalue weighted by molar-refractivity contribution is 4.93. The van der Waals surface area contributed by atoms with Gasteiger partial charge in [0.15, 0.2) is 0 Å². The molecule has 0 atom stereocenters. The van der Waals surface area contributed by atoms with Gasteiger partial charge in [-0.3, -0.25) is 0 Å². The lowest BCUT2D eigenvalue weighted by Crippen LogP contribution is -2.41. The smallest absolute Gasteiger partial charge is 0.0653 e. The number of hydrogen-bond donors (Lipinski definition) is 1. The zero-order valence-corrected chi connectivity index (χ0v) is 7.34. The molecule has 0 aromatic rings. The molecular formula is C9H17NO. The van der Waals surface area contributed by atoms with Crippen molar-refractivity contribution in [3.05, 3.63) is 11.6 Å². The molecule has 0 aromatic carbocycles. The summed E-state index contributed by atoms with van der Waals surface area (Å²) in [7, 11) is 0. The van der Waals surface area contributed by atoms with Gasteiger partial charge in [0.2, 0.25) is 0 Å². The molecule has 2 heteroatoms. The second-order valence-electron chi connectivity index (χ2n) is 3.47. The first-order valence-electron chi connectivity index (χ1n) is 4.19. The van der Waals surface area contributed by atoms with Crippen molar-refractivity contribution < 1.29 is 4.74 Å². The lowest BCUT2D eigenvalue weighted by atomic mass is 9.90. The molecule has 2 nitrogen and oxygen atoms in total. The van der Waals surface area contributed by atoms with Crippen molar-refractivity contribution in [1.29, 1.82) is 0 Å². The lowest BCUT2D eigenvalue weighted by Gasteiger charge is -2.31. The van der Waals surface area contributed by atoms with E-state index in [9.17, 15) is 0 Å². The first-order valence-corrected chi connectivity index (χ1v) is 4.19. The molecule has 11 heavy (non-hydrogen) atoms. The van der Waals surface area contributed by atoms with Crippen LogP contribution in [0.1, 0.15) is 26.7 Å². The van der Waals surface area contributed by atoms with E-state index in [1.807, 2.05) is 0 Å². The SMILES string of the molecule is CC(C)=CCOC1CC(N)C1. The van der Waals surface area contributed by atoms with Gasteiger partial charge in [-0.05, 0) is 26.7 Å². The fourth-order valence-electron chi connectivity index (χ4n) is 1.09. The van der Waals surface area contributed by atoms with Crippen molar-refractivity contribution in [3.63, 3.8) is 0 Å². The molecule has 1 fully saturated rings. The first kappa shape index (κ1) is 8.75. The monoisotopic (exact) mass is 155 g/mol. The van der Waals surface area contributed by atoms with Crippen LogP contribution in [-0.4, -0.2) is 18.8 Å². The van der Waals surface area contributed by atoms with E-state index < -0.39 is 0 Å². The predicted octanol–water partition coefficient (Wildman–Crippen LogP) is 1.46. The van der Waals surface area contributed by atoms with E-state index in [0.29, 0.717) is 12.1 Å². The maximum absolute atomic E-state index is 5.60. The summed E-state index contributed by atoms with van der Waals surface area (Å²) >= 11 is 0. The van der Waals surface area contributed by atoms with Crippen molar-refractivity contribution >= 4 is 0 Å². The van der Waals surface area contributed by atoms with Gasteiger partial charge in [-0.15, -0.1) is 0 Å². The van der Waals surface area contributed by atoms with Crippen LogP contribution in [-0.2, 0) is 4.74 Å². The number of rotatable bonds is 3. The molecular weight excluding hydrogens is 138 g/mol. The van der Waals surface area contributed by atoms with Gasteiger partial charge in [-0.2, -0.15) is 0 Å². The Morgan fingerprint density at radius 2 is 2.18 bits per heavy atom. The summed E-state index contributed by atoms with van der Waals surface area (Å²) in [5.74, 6) is 0. The summed E-state index contributed by atoms with van der Waals surface area (Å²) < 4.78 is 5.50. The van der Waals surface area contributed by atoms with Crippen LogP contribution in [0, 0.1) is 0 Å². The minimum Gasteiger partial charge on any atom is -0.374 e. The second-order valence-corrected chi connectivity index (χ2v) is 3.47. The molecule has 0 radical (unpaired) electrons. The summed E-state index contributed by atoms with van der Waals surface area (Å²) in [6.07, 6.45) is 4.61. The van der Waals surface area contributed by atoms with Crippen molar-refractivity contribution in [2.75, 3.05) is 6.61 Å². The summed E-state index contributed by atoms with van der Waals surface area (Å²) in [5, 5.41) is 0. The quantitative estimate of drug-likeness (QED) is 0.626. The standard InChI is InChI=1S/C9H17NO/c1-7(2)3-4-11-9-5-8(10)6-9/h3,8-9H,4-6,10H2,1-2H3. The third kappa shape index (κ3) is 3.04. The summed E-state index contributed by atoms with van der Waals surface area (Å²) in [6.45, 7) is 4.91. The number of ether oxygens (including phenoxy) is 1. The van der Waals surface area contributed by atoms with E-state index in [-0.39, 0.29) is 0 Å². The van der Waals surface area contributed by atoms with Gasteiger partial charge >= 0.3 is 0 Å². The Hall–Kier alpha value is -0.340. The molecule has 0 aromatic heterocycles. The molecule has 64 valence electrons. The molecule has 0 bridgehead atoms. The topological polar surface area (TPSA) is 35.2 Å². The van der Waals surface area contributed by atoms with Crippen LogP contribution in [0.4, 0.5) is 0 Å². The van der Waals surface area contributed by atoms with E-state index in [1.54, 1.807) is 0 Å². The highest BCUT2D eigenvalue weighted by Gasteiger charge is 2.25. The largest absolute Gasteiger partial charge is 0.374 e. The molecule has 0 heterocycles. The Morgan fingerprint density at radius 3 is 2.64 bits per heavy atom. The van der Waals surface area contributed by atoms with Crippen LogP contribution in [0.25, 0.3) is 0 Å². The Balaban J connectivity index is 2.01. The Morgan fingerprint density at radius 1 is 1.55 bits per heavy atom. The summed E-state index contributed by atoms with van der Waals surface area (Å²) in [6, 6.07) is 0.395. The van der Waals surface area contributed by atoms with E-state index in [4.69, 9.17) is 10.5 Å². The Kier molecular flexibility index (Phi) is 3.09. The predicted molar refractivity (Wildman–Crippen MR) is 46.4 cm³/mol. The summed E-state index contributed by atoms with van der Waals surface area (Å²) in [5.41, 5.74) is 6.92. The average molecular weight is 155 g/mol. The number of hydrogen-bond acceptors (Lipinski definition) is 2. The van der Waals surface area contributed by atoms with Gasteiger partial charge in [0, 0.05) is 6.04 Å². The Bertz CT molecular complexity index is 144. The van der Waals surface area contributed by atoms with Crippen LogP contribution in [0.15, 0.2) is 11.6 Å². The van der Waals surface area contributed by atoms with E-state index >= 15 is 0 Å². The molecule has 0 aliphatic heterocycles. The van der Waals surface area contributed by atoms with E-state index in [1.165, 1.54) is 5.57 Å². The van der Waals surface area contributed by atoms with Gasteiger partial charge in [-0.1, -0.05) is 11.6 Å². The molecule has 0 unspecified atom stereocenters. The summed E-state index contributed by atoms with van der Waals surface area (Å²) in [4.78, 5) is 0. The van der Waals surface area contributed by atoms with E-state index in [0.717, 1.165) is 19.4 Å². The van der Waals surface area contributed by atoms with Crippen LogP contribution >= 0.6 is 0 Å². The minimum absolute atomic E-state index is 0.395. The second kappa shape index (κ2) is 3.88. The third-order valence-electron chi connectivity index (χ3n) is 1.95. The van der Waals surface area contributed by atoms with Crippen LogP contribution < -0.4 is 5.73 Å². The van der Waals surface area contributed by atoms with Gasteiger partial charge in [-0.25, -0.2) is 0 Å². The molecule has 0 saturated heterocycles. The molecule has 2 N–H and O–H groups in total. The van der Waals surface area contributed by atoms with Gasteiger partial charge in [0.1, 0.15) is 0 Å². The molecule has 1 rings (SSSR count). The fraction of sp³-hybridized carbons (Fsp3) is 0.778. The minimum atomic E-state index is 0.395. The lowest BCUT2D eigenvalue weighted by molar-refractivity contribution is 0.00684. The third-order valence-corrected chi connectivity index (χ3v) is 1.95. The van der Waals surface area contributed by atoms with Crippen LogP contribution in [0.5, 0.6) is 0 Å². The molecule has 1 aliphatic rings.